The number of aryl methyl sites for hydroxylation is 1. The smallest absolute Gasteiger partial charge is 0.271 e. The number of rotatable bonds is 8. The molecule has 190 valence electrons. The fourth-order valence-electron chi connectivity index (χ4n) is 4.66. The number of benzene rings is 1. The Morgan fingerprint density at radius 3 is 2.46 bits per heavy atom. The number of aliphatic hydroxyl groups excluding tert-OH is 1. The van der Waals surface area contributed by atoms with Crippen LogP contribution in [0.5, 0.6) is 5.75 Å². The standard InChI is InChI=1S/C25H37N7O3/c1-4-21-24(27-16-5-7-19(33)8-6-16)30-25(22(29-21)23(26)34)28-17-13-18(15-20(14-17)35-3)32-11-9-31(2)10-12-32/h13-16,19,33H,4-12H2,1-3H3,(H2,26,34)(H2,27,28,30). The molecule has 2 fully saturated rings. The molecule has 0 radical (unpaired) electrons. The number of methoxy groups -OCH3 is 1. The number of anilines is 4. The zero-order valence-corrected chi connectivity index (χ0v) is 20.9. The molecule has 1 aliphatic heterocycles. The molecule has 0 spiro atoms. The maximum absolute atomic E-state index is 12.3. The average molecular weight is 484 g/mol. The molecule has 1 saturated carbocycles. The van der Waals surface area contributed by atoms with Crippen molar-refractivity contribution in [2.45, 2.75) is 51.2 Å². The first-order valence-electron chi connectivity index (χ1n) is 12.4. The van der Waals surface area contributed by atoms with Gasteiger partial charge in [0.2, 0.25) is 0 Å². The van der Waals surface area contributed by atoms with Gasteiger partial charge in [-0.15, -0.1) is 0 Å². The van der Waals surface area contributed by atoms with E-state index in [2.05, 4.69) is 32.5 Å². The molecule has 10 nitrogen and oxygen atoms in total. The van der Waals surface area contributed by atoms with Crippen LogP contribution in [-0.2, 0) is 6.42 Å². The van der Waals surface area contributed by atoms with Crippen LogP contribution in [0.2, 0.25) is 0 Å². The van der Waals surface area contributed by atoms with Gasteiger partial charge in [-0.2, -0.15) is 0 Å². The molecular weight excluding hydrogens is 446 g/mol. The van der Waals surface area contributed by atoms with Crippen LogP contribution in [0.4, 0.5) is 23.0 Å². The number of piperazine rings is 1. The molecule has 0 bridgehead atoms. The van der Waals surface area contributed by atoms with Crippen molar-refractivity contribution in [3.05, 3.63) is 29.6 Å². The van der Waals surface area contributed by atoms with Crippen LogP contribution in [0.1, 0.15) is 48.8 Å². The van der Waals surface area contributed by atoms with Crippen LogP contribution in [0.3, 0.4) is 0 Å². The number of hydrogen-bond donors (Lipinski definition) is 4. The number of carbonyl (C=O) groups excluding carboxylic acids is 1. The molecule has 1 aliphatic carbocycles. The summed E-state index contributed by atoms with van der Waals surface area (Å²) in [6.07, 6.45) is 3.61. The Balaban J connectivity index is 1.64. The Morgan fingerprint density at radius 2 is 1.83 bits per heavy atom. The van der Waals surface area contributed by atoms with Gasteiger partial charge in [0.15, 0.2) is 11.5 Å². The molecule has 0 atom stereocenters. The second-order valence-electron chi connectivity index (χ2n) is 9.42. The summed E-state index contributed by atoms with van der Waals surface area (Å²) in [5.74, 6) is 1.03. The van der Waals surface area contributed by atoms with Crippen LogP contribution in [0, 0.1) is 0 Å². The van der Waals surface area contributed by atoms with Gasteiger partial charge in [0.25, 0.3) is 5.91 Å². The highest BCUT2D eigenvalue weighted by molar-refractivity contribution is 5.96. The zero-order chi connectivity index (χ0) is 24.9. The minimum absolute atomic E-state index is 0.107. The van der Waals surface area contributed by atoms with Gasteiger partial charge in [0.05, 0.1) is 18.9 Å². The number of primary amides is 1. The molecular formula is C25H37N7O3. The van der Waals surface area contributed by atoms with Gasteiger partial charge in [-0.25, -0.2) is 9.97 Å². The highest BCUT2D eigenvalue weighted by Gasteiger charge is 2.23. The second-order valence-corrected chi connectivity index (χ2v) is 9.42. The summed E-state index contributed by atoms with van der Waals surface area (Å²) in [5.41, 5.74) is 8.27. The number of aromatic nitrogens is 2. The summed E-state index contributed by atoms with van der Waals surface area (Å²) < 4.78 is 5.55. The van der Waals surface area contributed by atoms with Crippen molar-refractivity contribution in [1.29, 1.82) is 0 Å². The molecule has 10 heteroatoms. The predicted octanol–water partition coefficient (Wildman–Crippen LogP) is 2.36. The first-order valence-corrected chi connectivity index (χ1v) is 12.4. The van der Waals surface area contributed by atoms with E-state index >= 15 is 0 Å². The third-order valence-corrected chi connectivity index (χ3v) is 6.83. The van der Waals surface area contributed by atoms with Crippen molar-refractivity contribution in [2.75, 3.05) is 55.9 Å². The first kappa shape index (κ1) is 25.0. The summed E-state index contributed by atoms with van der Waals surface area (Å²) in [5, 5.41) is 16.6. The van der Waals surface area contributed by atoms with Crippen LogP contribution in [0.25, 0.3) is 0 Å². The second kappa shape index (κ2) is 11.1. The van der Waals surface area contributed by atoms with Gasteiger partial charge in [-0.05, 0) is 45.2 Å². The highest BCUT2D eigenvalue weighted by Crippen LogP contribution is 2.31. The monoisotopic (exact) mass is 483 g/mol. The van der Waals surface area contributed by atoms with Crippen LogP contribution in [-0.4, -0.2) is 78.4 Å². The third kappa shape index (κ3) is 6.12. The van der Waals surface area contributed by atoms with Crippen LogP contribution >= 0.6 is 0 Å². The minimum Gasteiger partial charge on any atom is -0.497 e. The fraction of sp³-hybridized carbons (Fsp3) is 0.560. The van der Waals surface area contributed by atoms with Crippen molar-refractivity contribution in [3.63, 3.8) is 0 Å². The zero-order valence-electron chi connectivity index (χ0n) is 20.9. The van der Waals surface area contributed by atoms with Crippen molar-refractivity contribution < 1.29 is 14.6 Å². The number of likely N-dealkylation sites (N-methyl/N-ethyl adjacent to an activating group) is 1. The minimum atomic E-state index is -0.635. The number of nitrogens with one attached hydrogen (secondary N) is 2. The Kier molecular flexibility index (Phi) is 7.92. The Bertz CT molecular complexity index is 1030. The predicted molar refractivity (Wildman–Crippen MR) is 138 cm³/mol. The Morgan fingerprint density at radius 1 is 1.11 bits per heavy atom. The molecule has 35 heavy (non-hydrogen) atoms. The van der Waals surface area contributed by atoms with Crippen molar-refractivity contribution in [1.82, 2.24) is 14.9 Å². The number of amides is 1. The summed E-state index contributed by atoms with van der Waals surface area (Å²) >= 11 is 0. The lowest BCUT2D eigenvalue weighted by molar-refractivity contribution is 0.0996. The molecule has 1 saturated heterocycles. The molecule has 2 heterocycles. The molecule has 1 aromatic carbocycles. The molecule has 1 amide bonds. The number of hydrogen-bond acceptors (Lipinski definition) is 9. The van der Waals surface area contributed by atoms with E-state index in [1.54, 1.807) is 7.11 Å². The normalized spacial score (nSPS) is 21.0. The van der Waals surface area contributed by atoms with E-state index in [9.17, 15) is 9.90 Å². The van der Waals surface area contributed by atoms with E-state index in [4.69, 9.17) is 15.5 Å². The maximum atomic E-state index is 12.3. The number of nitrogens with two attached hydrogens (primary N) is 1. The van der Waals surface area contributed by atoms with Crippen LogP contribution in [0.15, 0.2) is 18.2 Å². The summed E-state index contributed by atoms with van der Waals surface area (Å²) in [4.78, 5) is 26.2. The van der Waals surface area contributed by atoms with E-state index in [0.29, 0.717) is 29.5 Å². The number of nitrogens with zero attached hydrogens (tertiary/aromatic N) is 4. The molecule has 1 aromatic heterocycles. The van der Waals surface area contributed by atoms with Gasteiger partial charge in [-0.3, -0.25) is 4.79 Å². The lowest BCUT2D eigenvalue weighted by atomic mass is 9.93. The summed E-state index contributed by atoms with van der Waals surface area (Å²) in [6.45, 7) is 5.80. The third-order valence-electron chi connectivity index (χ3n) is 6.83. The number of ether oxygens (including phenoxy) is 1. The summed E-state index contributed by atoms with van der Waals surface area (Å²) in [6, 6.07) is 6.12. The lowest BCUT2D eigenvalue weighted by Gasteiger charge is -2.34. The van der Waals surface area contributed by atoms with Crippen molar-refractivity contribution >= 4 is 28.9 Å². The van der Waals surface area contributed by atoms with Crippen molar-refractivity contribution in [3.8, 4) is 5.75 Å². The molecule has 2 aromatic rings. The van der Waals surface area contributed by atoms with E-state index in [0.717, 1.165) is 63.2 Å². The van der Waals surface area contributed by atoms with Gasteiger partial charge >= 0.3 is 0 Å². The molecule has 4 rings (SSSR count). The van der Waals surface area contributed by atoms with Gasteiger partial charge in [0, 0.05) is 55.7 Å². The highest BCUT2D eigenvalue weighted by atomic mass is 16.5. The van der Waals surface area contributed by atoms with Gasteiger partial charge in [-0.1, -0.05) is 6.92 Å². The van der Waals surface area contributed by atoms with E-state index in [-0.39, 0.29) is 17.8 Å². The molecule has 5 N–H and O–H groups in total. The van der Waals surface area contributed by atoms with E-state index in [1.807, 2.05) is 25.1 Å². The quantitative estimate of drug-likeness (QED) is 0.447. The van der Waals surface area contributed by atoms with Crippen LogP contribution < -0.4 is 26.0 Å². The number of aliphatic hydroxyl groups is 1. The van der Waals surface area contributed by atoms with Gasteiger partial charge in [0.1, 0.15) is 11.6 Å². The van der Waals surface area contributed by atoms with E-state index < -0.39 is 5.91 Å². The summed E-state index contributed by atoms with van der Waals surface area (Å²) in [7, 11) is 3.77. The topological polar surface area (TPSA) is 129 Å². The Labute approximate surface area is 206 Å². The number of carbonyl (C=O) groups is 1. The van der Waals surface area contributed by atoms with Crippen molar-refractivity contribution in [2.24, 2.45) is 5.73 Å². The SMILES string of the molecule is CCc1nc(C(N)=O)c(Nc2cc(OC)cc(N3CCN(C)CC3)c2)nc1NC1CCC(O)CC1. The largest absolute Gasteiger partial charge is 0.497 e. The van der Waals surface area contributed by atoms with Gasteiger partial charge < -0.3 is 36.0 Å². The first-order chi connectivity index (χ1) is 16.9. The molecule has 0 unspecified atom stereocenters. The lowest BCUT2D eigenvalue weighted by Crippen LogP contribution is -2.44. The maximum Gasteiger partial charge on any atom is 0.271 e. The fourth-order valence-corrected chi connectivity index (χ4v) is 4.66. The van der Waals surface area contributed by atoms with E-state index in [1.165, 1.54) is 0 Å². The average Bonchev–Trinajstić information content (AvgIpc) is 2.85. The molecule has 2 aliphatic rings. The Hall–Kier alpha value is -3.11.